The predicted octanol–water partition coefficient (Wildman–Crippen LogP) is 0.743. The minimum absolute atomic E-state index is 0.0950. The molecule has 1 aromatic heterocycles. The fourth-order valence-electron chi connectivity index (χ4n) is 1.04. The van der Waals surface area contributed by atoms with Crippen molar-refractivity contribution in [2.24, 2.45) is 0 Å². The highest BCUT2D eigenvalue weighted by molar-refractivity contribution is 5.86. The molecule has 0 radical (unpaired) electrons. The van der Waals surface area contributed by atoms with Crippen molar-refractivity contribution in [2.45, 2.75) is 6.92 Å². The molecule has 0 N–H and O–H groups in total. The van der Waals surface area contributed by atoms with E-state index in [1.807, 2.05) is 0 Å². The number of carbonyl (C=O) groups excluding carboxylic acids is 1. The molecule has 0 saturated carbocycles. The molecule has 0 fully saturated rings. The van der Waals surface area contributed by atoms with E-state index in [-0.39, 0.29) is 11.5 Å². The van der Waals surface area contributed by atoms with E-state index < -0.39 is 11.6 Å². The Labute approximate surface area is 80.2 Å². The standard InChI is InChI=1S/C9H10O5/c1-5-4-6(8(10)13-3)14-9(11)7(5)12-2/h4H,1-3H3. The summed E-state index contributed by atoms with van der Waals surface area (Å²) in [5, 5.41) is 0. The van der Waals surface area contributed by atoms with Gasteiger partial charge in [-0.15, -0.1) is 0 Å². The molecule has 0 aromatic carbocycles. The molecule has 1 heterocycles. The molecule has 0 aliphatic carbocycles. The van der Waals surface area contributed by atoms with Crippen LogP contribution in [0, 0.1) is 6.92 Å². The molecule has 0 atom stereocenters. The number of rotatable bonds is 2. The molecule has 5 nitrogen and oxygen atoms in total. The van der Waals surface area contributed by atoms with Crippen molar-refractivity contribution in [3.05, 3.63) is 27.8 Å². The Kier molecular flexibility index (Phi) is 2.91. The van der Waals surface area contributed by atoms with Crippen LogP contribution in [0.1, 0.15) is 16.1 Å². The molecule has 0 unspecified atom stereocenters. The van der Waals surface area contributed by atoms with Crippen molar-refractivity contribution in [3.63, 3.8) is 0 Å². The summed E-state index contributed by atoms with van der Waals surface area (Å²) >= 11 is 0. The lowest BCUT2D eigenvalue weighted by atomic mass is 10.2. The van der Waals surface area contributed by atoms with Crippen molar-refractivity contribution in [2.75, 3.05) is 14.2 Å². The molecular formula is C9H10O5. The maximum Gasteiger partial charge on any atom is 0.379 e. The first-order valence-electron chi connectivity index (χ1n) is 3.87. The number of aryl methyl sites for hydroxylation is 1. The molecule has 0 aliphatic rings. The first-order valence-corrected chi connectivity index (χ1v) is 3.87. The summed E-state index contributed by atoms with van der Waals surface area (Å²) in [6, 6.07) is 1.39. The highest BCUT2D eigenvalue weighted by Crippen LogP contribution is 2.13. The second-order valence-corrected chi connectivity index (χ2v) is 2.61. The van der Waals surface area contributed by atoms with Gasteiger partial charge in [0.15, 0.2) is 0 Å². The Bertz CT molecular complexity index is 404. The minimum Gasteiger partial charge on any atom is -0.490 e. The Balaban J connectivity index is 3.28. The normalized spacial score (nSPS) is 9.64. The lowest BCUT2D eigenvalue weighted by Crippen LogP contribution is -2.11. The van der Waals surface area contributed by atoms with E-state index in [9.17, 15) is 9.59 Å². The molecule has 5 heteroatoms. The van der Waals surface area contributed by atoms with Gasteiger partial charge in [-0.05, 0) is 13.0 Å². The molecule has 1 rings (SSSR count). The Morgan fingerprint density at radius 3 is 2.50 bits per heavy atom. The molecule has 0 aliphatic heterocycles. The zero-order valence-electron chi connectivity index (χ0n) is 8.12. The molecule has 0 saturated heterocycles. The minimum atomic E-state index is -0.687. The third-order valence-corrected chi connectivity index (χ3v) is 1.68. The van der Waals surface area contributed by atoms with Crippen LogP contribution >= 0.6 is 0 Å². The summed E-state index contributed by atoms with van der Waals surface area (Å²) in [5.41, 5.74) is -0.156. The molecule has 0 bridgehead atoms. The van der Waals surface area contributed by atoms with Crippen LogP contribution in [0.5, 0.6) is 5.75 Å². The van der Waals surface area contributed by atoms with Crippen LogP contribution in [0.25, 0.3) is 0 Å². The Morgan fingerprint density at radius 1 is 1.43 bits per heavy atom. The Morgan fingerprint density at radius 2 is 2.07 bits per heavy atom. The van der Waals surface area contributed by atoms with E-state index in [1.165, 1.54) is 20.3 Å². The second-order valence-electron chi connectivity index (χ2n) is 2.61. The molecular weight excluding hydrogens is 188 g/mol. The van der Waals surface area contributed by atoms with Crippen LogP contribution in [-0.4, -0.2) is 20.2 Å². The first-order chi connectivity index (χ1) is 6.60. The predicted molar refractivity (Wildman–Crippen MR) is 47.6 cm³/mol. The van der Waals surface area contributed by atoms with Gasteiger partial charge in [-0.3, -0.25) is 0 Å². The van der Waals surface area contributed by atoms with Gasteiger partial charge >= 0.3 is 11.6 Å². The van der Waals surface area contributed by atoms with Crippen LogP contribution in [-0.2, 0) is 4.74 Å². The van der Waals surface area contributed by atoms with Crippen molar-refractivity contribution in [3.8, 4) is 5.75 Å². The van der Waals surface area contributed by atoms with Crippen molar-refractivity contribution in [1.29, 1.82) is 0 Å². The number of esters is 1. The topological polar surface area (TPSA) is 65.7 Å². The lowest BCUT2D eigenvalue weighted by Gasteiger charge is -2.03. The van der Waals surface area contributed by atoms with Crippen molar-refractivity contribution >= 4 is 5.97 Å². The summed E-state index contributed by atoms with van der Waals surface area (Å²) in [5.74, 6) is -0.721. The quantitative estimate of drug-likeness (QED) is 0.656. The van der Waals surface area contributed by atoms with Crippen LogP contribution < -0.4 is 10.4 Å². The maximum atomic E-state index is 11.2. The molecule has 1 aromatic rings. The van der Waals surface area contributed by atoms with Gasteiger partial charge in [0, 0.05) is 5.56 Å². The number of methoxy groups -OCH3 is 2. The third-order valence-electron chi connectivity index (χ3n) is 1.68. The average Bonchev–Trinajstić information content (AvgIpc) is 2.16. The first kappa shape index (κ1) is 10.3. The summed E-state index contributed by atoms with van der Waals surface area (Å²) in [7, 11) is 2.57. The van der Waals surface area contributed by atoms with Crippen LogP contribution in [0.2, 0.25) is 0 Å². The van der Waals surface area contributed by atoms with E-state index in [0.717, 1.165) is 0 Å². The fraction of sp³-hybridized carbons (Fsp3) is 0.333. The van der Waals surface area contributed by atoms with E-state index >= 15 is 0 Å². The van der Waals surface area contributed by atoms with Crippen LogP contribution in [0.4, 0.5) is 0 Å². The molecule has 76 valence electrons. The van der Waals surface area contributed by atoms with E-state index in [0.29, 0.717) is 5.56 Å². The molecule has 0 spiro atoms. The summed E-state index contributed by atoms with van der Waals surface area (Å²) in [6.45, 7) is 1.64. The number of ether oxygens (including phenoxy) is 2. The average molecular weight is 198 g/mol. The van der Waals surface area contributed by atoms with Crippen molar-refractivity contribution < 1.29 is 18.7 Å². The fourth-order valence-corrected chi connectivity index (χ4v) is 1.04. The van der Waals surface area contributed by atoms with Gasteiger partial charge in [0.05, 0.1) is 14.2 Å². The lowest BCUT2D eigenvalue weighted by molar-refractivity contribution is 0.0558. The van der Waals surface area contributed by atoms with Gasteiger partial charge in [0.2, 0.25) is 11.5 Å². The summed E-state index contributed by atoms with van der Waals surface area (Å²) < 4.78 is 13.9. The van der Waals surface area contributed by atoms with E-state index in [1.54, 1.807) is 6.92 Å². The SMILES string of the molecule is COC(=O)c1cc(C)c(OC)c(=O)o1. The van der Waals surface area contributed by atoms with Gasteiger partial charge in [0.1, 0.15) is 0 Å². The van der Waals surface area contributed by atoms with E-state index in [4.69, 9.17) is 4.74 Å². The van der Waals surface area contributed by atoms with Crippen LogP contribution in [0.3, 0.4) is 0 Å². The third kappa shape index (κ3) is 1.76. The molecule has 14 heavy (non-hydrogen) atoms. The number of hydrogen-bond acceptors (Lipinski definition) is 5. The summed E-state index contributed by atoms with van der Waals surface area (Å²) in [6.07, 6.45) is 0. The van der Waals surface area contributed by atoms with E-state index in [2.05, 4.69) is 9.15 Å². The highest BCUT2D eigenvalue weighted by Gasteiger charge is 2.14. The monoisotopic (exact) mass is 198 g/mol. The zero-order valence-corrected chi connectivity index (χ0v) is 8.12. The number of carbonyl (C=O) groups is 1. The van der Waals surface area contributed by atoms with Crippen LogP contribution in [0.15, 0.2) is 15.3 Å². The maximum absolute atomic E-state index is 11.2. The molecule has 0 amide bonds. The van der Waals surface area contributed by atoms with Gasteiger partial charge in [-0.1, -0.05) is 0 Å². The highest BCUT2D eigenvalue weighted by atomic mass is 16.5. The van der Waals surface area contributed by atoms with Crippen molar-refractivity contribution in [1.82, 2.24) is 0 Å². The zero-order chi connectivity index (χ0) is 10.7. The summed E-state index contributed by atoms with van der Waals surface area (Å²) in [4.78, 5) is 22.2. The van der Waals surface area contributed by atoms with Gasteiger partial charge in [-0.2, -0.15) is 0 Å². The van der Waals surface area contributed by atoms with Gasteiger partial charge in [-0.25, -0.2) is 9.59 Å². The smallest absolute Gasteiger partial charge is 0.379 e. The van der Waals surface area contributed by atoms with Gasteiger partial charge in [0.25, 0.3) is 0 Å². The number of hydrogen-bond donors (Lipinski definition) is 0. The largest absolute Gasteiger partial charge is 0.490 e. The second kappa shape index (κ2) is 3.95. The van der Waals surface area contributed by atoms with Gasteiger partial charge < -0.3 is 13.9 Å². The Hall–Kier alpha value is -1.78.